The Balaban J connectivity index is 1.27. The number of fused-ring (bicyclic) bond motifs is 3. The Hall–Kier alpha value is -4.08. The summed E-state index contributed by atoms with van der Waals surface area (Å²) in [5.74, 6) is -1.66. The molecule has 0 spiro atoms. The Kier molecular flexibility index (Phi) is 4.86. The standard InChI is InChI=1S/C24H22FN7O2/c25-17-10-19-18(29-32-30-19)9-16(17)24(34)28-22-14-6-2-1-4-12(14)8-20(22)27-23(33)15-7-3-5-13-11-26-31-21(13)15/h1-2,4,6,9-11,15,20,22H,3,5,7-8H2,(H,26,31)(H,27,33)(H,28,34)(H,29,30,32)/t15?,20-,22-/m1/s1. The molecule has 2 aromatic carbocycles. The molecule has 0 radical (unpaired) electrons. The Morgan fingerprint density at radius 2 is 1.88 bits per heavy atom. The van der Waals surface area contributed by atoms with Gasteiger partial charge in [-0.1, -0.05) is 24.3 Å². The van der Waals surface area contributed by atoms with Crippen molar-refractivity contribution < 1.29 is 14.0 Å². The molecule has 0 bridgehead atoms. The van der Waals surface area contributed by atoms with Crippen molar-refractivity contribution in [3.05, 3.63) is 76.4 Å². The van der Waals surface area contributed by atoms with E-state index in [1.165, 1.54) is 12.1 Å². The molecule has 3 atom stereocenters. The molecule has 2 aliphatic carbocycles. The first-order chi connectivity index (χ1) is 16.6. The number of amides is 2. The summed E-state index contributed by atoms with van der Waals surface area (Å²) in [4.78, 5) is 26.4. The van der Waals surface area contributed by atoms with Crippen LogP contribution < -0.4 is 10.6 Å². The van der Waals surface area contributed by atoms with Crippen molar-refractivity contribution in [3.63, 3.8) is 0 Å². The van der Waals surface area contributed by atoms with Crippen LogP contribution in [0.1, 0.15) is 57.5 Å². The van der Waals surface area contributed by atoms with Gasteiger partial charge in [-0.15, -0.1) is 0 Å². The van der Waals surface area contributed by atoms with Gasteiger partial charge >= 0.3 is 0 Å². The molecule has 9 nitrogen and oxygen atoms in total. The second kappa shape index (κ2) is 8.05. The molecule has 0 fully saturated rings. The number of nitrogens with zero attached hydrogens (tertiary/aromatic N) is 3. The molecule has 0 saturated carbocycles. The fraction of sp³-hybridized carbons (Fsp3) is 0.292. The van der Waals surface area contributed by atoms with E-state index < -0.39 is 17.8 Å². The van der Waals surface area contributed by atoms with E-state index in [4.69, 9.17) is 0 Å². The normalized spacial score (nSPS) is 21.1. The summed E-state index contributed by atoms with van der Waals surface area (Å²) < 4.78 is 14.7. The van der Waals surface area contributed by atoms with Crippen LogP contribution in [0.5, 0.6) is 0 Å². The van der Waals surface area contributed by atoms with E-state index in [0.29, 0.717) is 17.5 Å². The van der Waals surface area contributed by atoms with Gasteiger partial charge in [0.15, 0.2) is 0 Å². The molecule has 4 N–H and O–H groups in total. The summed E-state index contributed by atoms with van der Waals surface area (Å²) in [6.07, 6.45) is 4.91. The van der Waals surface area contributed by atoms with Gasteiger partial charge in [-0.2, -0.15) is 20.5 Å². The topological polar surface area (TPSA) is 128 Å². The van der Waals surface area contributed by atoms with Gasteiger partial charge in [-0.25, -0.2) is 4.39 Å². The first kappa shape index (κ1) is 20.5. The lowest BCUT2D eigenvalue weighted by Gasteiger charge is -2.27. The number of aromatic nitrogens is 5. The number of hydrogen-bond acceptors (Lipinski definition) is 5. The van der Waals surface area contributed by atoms with Crippen molar-refractivity contribution >= 4 is 22.8 Å². The molecule has 4 aromatic rings. The van der Waals surface area contributed by atoms with Crippen LogP contribution in [0.2, 0.25) is 0 Å². The number of halogens is 1. The van der Waals surface area contributed by atoms with Crippen LogP contribution in [0.4, 0.5) is 4.39 Å². The Bertz CT molecular complexity index is 1410. The fourth-order valence-corrected chi connectivity index (χ4v) is 5.17. The summed E-state index contributed by atoms with van der Waals surface area (Å²) in [7, 11) is 0. The average molecular weight is 459 g/mol. The average Bonchev–Trinajstić information content (AvgIpc) is 3.57. The molecule has 0 aliphatic heterocycles. The van der Waals surface area contributed by atoms with Gasteiger partial charge < -0.3 is 10.6 Å². The van der Waals surface area contributed by atoms with Crippen LogP contribution in [-0.4, -0.2) is 43.5 Å². The summed E-state index contributed by atoms with van der Waals surface area (Å²) in [6, 6.07) is 9.43. The largest absolute Gasteiger partial charge is 0.350 e. The van der Waals surface area contributed by atoms with Gasteiger partial charge in [-0.05, 0) is 48.4 Å². The molecular formula is C24H22FN7O2. The molecular weight excluding hydrogens is 437 g/mol. The van der Waals surface area contributed by atoms with E-state index in [9.17, 15) is 14.0 Å². The highest BCUT2D eigenvalue weighted by Gasteiger charge is 2.37. The van der Waals surface area contributed by atoms with Crippen molar-refractivity contribution in [2.45, 2.75) is 43.7 Å². The molecule has 10 heteroatoms. The molecule has 34 heavy (non-hydrogen) atoms. The Morgan fingerprint density at radius 3 is 2.76 bits per heavy atom. The zero-order chi connectivity index (χ0) is 23.2. The van der Waals surface area contributed by atoms with Crippen LogP contribution in [0, 0.1) is 5.82 Å². The number of nitrogens with one attached hydrogen (secondary N) is 4. The highest BCUT2D eigenvalue weighted by atomic mass is 19.1. The number of rotatable bonds is 4. The third-order valence-electron chi connectivity index (χ3n) is 6.85. The Labute approximate surface area is 193 Å². The lowest BCUT2D eigenvalue weighted by Crippen LogP contribution is -2.46. The summed E-state index contributed by atoms with van der Waals surface area (Å²) in [5, 5.41) is 23.4. The van der Waals surface area contributed by atoms with Gasteiger partial charge in [0.2, 0.25) is 5.91 Å². The van der Waals surface area contributed by atoms with Crippen LogP contribution >= 0.6 is 0 Å². The van der Waals surface area contributed by atoms with E-state index >= 15 is 0 Å². The van der Waals surface area contributed by atoms with Gasteiger partial charge in [-0.3, -0.25) is 14.7 Å². The van der Waals surface area contributed by atoms with Crippen molar-refractivity contribution in [2.24, 2.45) is 0 Å². The smallest absolute Gasteiger partial charge is 0.254 e. The minimum atomic E-state index is -0.681. The van der Waals surface area contributed by atoms with Gasteiger partial charge in [0, 0.05) is 6.07 Å². The molecule has 2 aliphatic rings. The second-order valence-corrected chi connectivity index (χ2v) is 8.87. The minimum Gasteiger partial charge on any atom is -0.350 e. The van der Waals surface area contributed by atoms with E-state index in [-0.39, 0.29) is 23.4 Å². The summed E-state index contributed by atoms with van der Waals surface area (Å²) in [6.45, 7) is 0. The number of carbonyl (C=O) groups is 2. The zero-order valence-electron chi connectivity index (χ0n) is 18.1. The number of benzene rings is 2. The third kappa shape index (κ3) is 3.42. The number of aromatic amines is 2. The van der Waals surface area contributed by atoms with Gasteiger partial charge in [0.05, 0.1) is 35.5 Å². The van der Waals surface area contributed by atoms with Crippen molar-refractivity contribution in [3.8, 4) is 0 Å². The van der Waals surface area contributed by atoms with Gasteiger partial charge in [0.25, 0.3) is 5.91 Å². The molecule has 1 unspecified atom stereocenters. The SMILES string of the molecule is O=C(N[C@@H]1c2ccccc2C[C@H]1NC(=O)C1CCCc2cn[nH]c21)c1cc2n[nH]nc2cc1F. The van der Waals surface area contributed by atoms with E-state index in [2.05, 4.69) is 36.2 Å². The first-order valence-corrected chi connectivity index (χ1v) is 11.3. The van der Waals surface area contributed by atoms with Crippen molar-refractivity contribution in [1.82, 2.24) is 36.2 Å². The van der Waals surface area contributed by atoms with E-state index in [1.807, 2.05) is 24.3 Å². The van der Waals surface area contributed by atoms with Crippen LogP contribution in [0.3, 0.4) is 0 Å². The molecule has 6 rings (SSSR count). The monoisotopic (exact) mass is 459 g/mol. The number of H-pyrrole nitrogens is 2. The fourth-order valence-electron chi connectivity index (χ4n) is 5.17. The summed E-state index contributed by atoms with van der Waals surface area (Å²) >= 11 is 0. The summed E-state index contributed by atoms with van der Waals surface area (Å²) in [5.41, 5.74) is 4.51. The van der Waals surface area contributed by atoms with E-state index in [1.54, 1.807) is 6.20 Å². The molecule has 2 aromatic heterocycles. The van der Waals surface area contributed by atoms with Gasteiger partial charge in [0.1, 0.15) is 16.9 Å². The third-order valence-corrected chi connectivity index (χ3v) is 6.85. The predicted octanol–water partition coefficient (Wildman–Crippen LogP) is 2.45. The highest BCUT2D eigenvalue weighted by Crippen LogP contribution is 2.34. The van der Waals surface area contributed by atoms with Crippen LogP contribution in [-0.2, 0) is 17.6 Å². The quantitative estimate of drug-likeness (QED) is 0.373. The van der Waals surface area contributed by atoms with E-state index in [0.717, 1.165) is 41.6 Å². The number of carbonyl (C=O) groups excluding carboxylic acids is 2. The highest BCUT2D eigenvalue weighted by molar-refractivity contribution is 5.98. The second-order valence-electron chi connectivity index (χ2n) is 8.87. The van der Waals surface area contributed by atoms with Crippen LogP contribution in [0.15, 0.2) is 42.6 Å². The molecule has 2 heterocycles. The maximum Gasteiger partial charge on any atom is 0.254 e. The minimum absolute atomic E-state index is 0.0996. The molecule has 2 amide bonds. The maximum absolute atomic E-state index is 14.7. The first-order valence-electron chi connectivity index (χ1n) is 11.3. The number of aryl methyl sites for hydroxylation is 1. The van der Waals surface area contributed by atoms with Crippen molar-refractivity contribution in [2.75, 3.05) is 0 Å². The molecule has 172 valence electrons. The lowest BCUT2D eigenvalue weighted by atomic mass is 9.87. The zero-order valence-corrected chi connectivity index (χ0v) is 18.1. The molecule has 0 saturated heterocycles. The van der Waals surface area contributed by atoms with Crippen molar-refractivity contribution in [1.29, 1.82) is 0 Å². The predicted molar refractivity (Wildman–Crippen MR) is 120 cm³/mol. The lowest BCUT2D eigenvalue weighted by molar-refractivity contribution is -0.123. The van der Waals surface area contributed by atoms with Crippen LogP contribution in [0.25, 0.3) is 11.0 Å². The number of hydrogen-bond donors (Lipinski definition) is 4. The maximum atomic E-state index is 14.7. The Morgan fingerprint density at radius 1 is 1.06 bits per heavy atom.